The molecule has 0 bridgehead atoms. The van der Waals surface area contributed by atoms with Gasteiger partial charge in [0.25, 0.3) is 0 Å². The Hall–Kier alpha value is -3.98. The molecule has 0 aliphatic carbocycles. The highest BCUT2D eigenvalue weighted by molar-refractivity contribution is 7.10. The number of ether oxygens (including phenoxy) is 1. The van der Waals surface area contributed by atoms with Crippen molar-refractivity contribution >= 4 is 28.9 Å². The van der Waals surface area contributed by atoms with Gasteiger partial charge in [0.2, 0.25) is 5.91 Å². The number of thiophene rings is 1. The predicted octanol–water partition coefficient (Wildman–Crippen LogP) is 4.81. The molecule has 0 spiro atoms. The largest absolute Gasteiger partial charge is 0.461 e. The Balaban J connectivity index is 1.31. The number of amides is 1. The summed E-state index contributed by atoms with van der Waals surface area (Å²) in [5.74, 6) is -0.683. The zero-order valence-electron chi connectivity index (χ0n) is 20.5. The van der Waals surface area contributed by atoms with Crippen molar-refractivity contribution in [1.82, 2.24) is 14.7 Å². The molecule has 0 atom stereocenters. The van der Waals surface area contributed by atoms with Crippen LogP contribution in [0.25, 0.3) is 16.9 Å². The summed E-state index contributed by atoms with van der Waals surface area (Å²) in [5.41, 5.74) is 3.45. The smallest absolute Gasteiger partial charge is 0.358 e. The normalized spacial score (nSPS) is 13.6. The van der Waals surface area contributed by atoms with Crippen molar-refractivity contribution in [2.45, 2.75) is 13.3 Å². The average Bonchev–Trinajstić information content (AvgIpc) is 3.60. The molecule has 3 heterocycles. The van der Waals surface area contributed by atoms with E-state index in [1.54, 1.807) is 41.1 Å². The molecule has 1 fully saturated rings. The maximum atomic E-state index is 13.5. The van der Waals surface area contributed by atoms with Gasteiger partial charge in [0, 0.05) is 42.3 Å². The molecule has 0 radical (unpaired) electrons. The lowest BCUT2D eigenvalue weighted by Gasteiger charge is -2.36. The van der Waals surface area contributed by atoms with Crippen LogP contribution in [-0.2, 0) is 16.0 Å². The number of carbonyl (C=O) groups excluding carboxylic acids is 2. The van der Waals surface area contributed by atoms with Crippen LogP contribution in [-0.4, -0.2) is 59.3 Å². The molecule has 0 N–H and O–H groups in total. The zero-order chi connectivity index (χ0) is 25.8. The Bertz CT molecular complexity index is 1360. The van der Waals surface area contributed by atoms with Gasteiger partial charge >= 0.3 is 5.97 Å². The van der Waals surface area contributed by atoms with Gasteiger partial charge in [-0.15, -0.1) is 11.3 Å². The first-order valence-corrected chi connectivity index (χ1v) is 13.1. The number of halogens is 1. The first kappa shape index (κ1) is 24.7. The van der Waals surface area contributed by atoms with Crippen LogP contribution in [0, 0.1) is 5.82 Å². The van der Waals surface area contributed by atoms with Crippen LogP contribution in [0.4, 0.5) is 10.1 Å². The standard InChI is InChI=1S/C28H27FN4O3S/c1-2-36-28(35)25-19-26(33(30-25)23-11-7-21(29)8-12-23)20-5-9-22(10-6-20)31-13-15-32(16-14-31)27(34)18-24-4-3-17-37-24/h3-12,17,19H,2,13-16,18H2,1H3. The first-order chi connectivity index (χ1) is 18.0. The number of nitrogens with zero attached hydrogens (tertiary/aromatic N) is 4. The van der Waals surface area contributed by atoms with Gasteiger partial charge in [-0.3, -0.25) is 4.79 Å². The van der Waals surface area contributed by atoms with Gasteiger partial charge in [0.1, 0.15) is 5.82 Å². The van der Waals surface area contributed by atoms with E-state index in [2.05, 4.69) is 10.00 Å². The zero-order valence-corrected chi connectivity index (χ0v) is 21.3. The lowest BCUT2D eigenvalue weighted by Crippen LogP contribution is -2.49. The SMILES string of the molecule is CCOC(=O)c1cc(-c2ccc(N3CCN(C(=O)Cc4cccs4)CC3)cc2)n(-c2ccc(F)cc2)n1. The number of carbonyl (C=O) groups is 2. The van der Waals surface area contributed by atoms with Crippen LogP contribution in [0.3, 0.4) is 0 Å². The highest BCUT2D eigenvalue weighted by Crippen LogP contribution is 2.28. The molecule has 190 valence electrons. The Morgan fingerprint density at radius 3 is 2.32 bits per heavy atom. The Morgan fingerprint density at radius 1 is 0.973 bits per heavy atom. The number of benzene rings is 2. The molecule has 1 saturated heterocycles. The van der Waals surface area contributed by atoms with Crippen molar-refractivity contribution in [3.05, 3.63) is 88.5 Å². The Labute approximate surface area is 218 Å². The van der Waals surface area contributed by atoms with Crippen molar-refractivity contribution in [3.8, 4) is 16.9 Å². The predicted molar refractivity (Wildman–Crippen MR) is 142 cm³/mol. The molecule has 0 unspecified atom stereocenters. The van der Waals surface area contributed by atoms with Gasteiger partial charge in [-0.25, -0.2) is 13.9 Å². The number of rotatable bonds is 7. The molecule has 2 aromatic carbocycles. The van der Waals surface area contributed by atoms with Crippen molar-refractivity contribution in [1.29, 1.82) is 0 Å². The fourth-order valence-electron chi connectivity index (χ4n) is 4.40. The van der Waals surface area contributed by atoms with E-state index in [0.29, 0.717) is 30.9 Å². The van der Waals surface area contributed by atoms with E-state index < -0.39 is 5.97 Å². The molecule has 5 rings (SSSR count). The molecular formula is C28H27FN4O3S. The van der Waals surface area contributed by atoms with Crippen LogP contribution in [0.15, 0.2) is 72.1 Å². The highest BCUT2D eigenvalue weighted by Gasteiger charge is 2.22. The summed E-state index contributed by atoms with van der Waals surface area (Å²) in [5, 5.41) is 6.44. The first-order valence-electron chi connectivity index (χ1n) is 12.2. The molecule has 1 amide bonds. The van der Waals surface area contributed by atoms with Crippen molar-refractivity contribution in [3.63, 3.8) is 0 Å². The summed E-state index contributed by atoms with van der Waals surface area (Å²) in [6.45, 7) is 4.89. The summed E-state index contributed by atoms with van der Waals surface area (Å²) in [6, 6.07) is 19.6. The summed E-state index contributed by atoms with van der Waals surface area (Å²) >= 11 is 1.61. The molecule has 1 aliphatic heterocycles. The van der Waals surface area contributed by atoms with Crippen molar-refractivity contribution < 1.29 is 18.7 Å². The maximum absolute atomic E-state index is 13.5. The molecule has 37 heavy (non-hydrogen) atoms. The molecule has 1 aliphatic rings. The maximum Gasteiger partial charge on any atom is 0.358 e. The van der Waals surface area contributed by atoms with Crippen LogP contribution in [0.2, 0.25) is 0 Å². The van der Waals surface area contributed by atoms with Gasteiger partial charge < -0.3 is 14.5 Å². The number of aromatic nitrogens is 2. The van der Waals surface area contributed by atoms with E-state index in [1.807, 2.05) is 46.7 Å². The topological polar surface area (TPSA) is 67.7 Å². The molecule has 4 aromatic rings. The number of esters is 1. The minimum Gasteiger partial charge on any atom is -0.461 e. The van der Waals surface area contributed by atoms with Crippen LogP contribution >= 0.6 is 11.3 Å². The fraction of sp³-hybridized carbons (Fsp3) is 0.250. The van der Waals surface area contributed by atoms with Crippen LogP contribution in [0.1, 0.15) is 22.3 Å². The number of hydrogen-bond donors (Lipinski definition) is 0. The van der Waals surface area contributed by atoms with Crippen molar-refractivity contribution in [2.24, 2.45) is 0 Å². The Kier molecular flexibility index (Phi) is 7.32. The lowest BCUT2D eigenvalue weighted by atomic mass is 10.1. The second-order valence-electron chi connectivity index (χ2n) is 8.69. The van der Waals surface area contributed by atoms with Crippen molar-refractivity contribution in [2.75, 3.05) is 37.7 Å². The molecule has 0 saturated carbocycles. The third kappa shape index (κ3) is 5.56. The number of anilines is 1. The van der Waals surface area contributed by atoms with Gasteiger partial charge in [0.15, 0.2) is 5.69 Å². The number of hydrogen-bond acceptors (Lipinski definition) is 6. The third-order valence-corrected chi connectivity index (χ3v) is 7.21. The Morgan fingerprint density at radius 2 is 1.68 bits per heavy atom. The average molecular weight is 519 g/mol. The minimum absolute atomic E-state index is 0.170. The highest BCUT2D eigenvalue weighted by atomic mass is 32.1. The summed E-state index contributed by atoms with van der Waals surface area (Å²) < 4.78 is 20.3. The van der Waals surface area contributed by atoms with E-state index in [4.69, 9.17) is 4.74 Å². The van der Waals surface area contributed by atoms with Crippen LogP contribution < -0.4 is 4.90 Å². The number of piperazine rings is 1. The van der Waals surface area contributed by atoms with Gasteiger partial charge in [-0.2, -0.15) is 5.10 Å². The molecule has 2 aromatic heterocycles. The van der Waals surface area contributed by atoms with E-state index in [1.165, 1.54) is 12.1 Å². The van der Waals surface area contributed by atoms with Gasteiger partial charge in [0.05, 0.1) is 24.4 Å². The molecular weight excluding hydrogens is 491 g/mol. The van der Waals surface area contributed by atoms with Gasteiger partial charge in [-0.1, -0.05) is 18.2 Å². The van der Waals surface area contributed by atoms with E-state index in [9.17, 15) is 14.0 Å². The second-order valence-corrected chi connectivity index (χ2v) is 9.73. The summed E-state index contributed by atoms with van der Waals surface area (Å²) in [6.07, 6.45) is 0.460. The summed E-state index contributed by atoms with van der Waals surface area (Å²) in [4.78, 5) is 30.3. The fourth-order valence-corrected chi connectivity index (χ4v) is 5.10. The van der Waals surface area contributed by atoms with E-state index in [-0.39, 0.29) is 24.0 Å². The van der Waals surface area contributed by atoms with Gasteiger partial charge in [-0.05, 0) is 60.8 Å². The van der Waals surface area contributed by atoms with Crippen LogP contribution in [0.5, 0.6) is 0 Å². The van der Waals surface area contributed by atoms with E-state index in [0.717, 1.165) is 29.2 Å². The second kappa shape index (κ2) is 11.0. The lowest BCUT2D eigenvalue weighted by molar-refractivity contribution is -0.130. The summed E-state index contributed by atoms with van der Waals surface area (Å²) in [7, 11) is 0. The van der Waals surface area contributed by atoms with E-state index >= 15 is 0 Å². The third-order valence-electron chi connectivity index (χ3n) is 6.33. The minimum atomic E-state index is -0.507. The quantitative estimate of drug-likeness (QED) is 0.329. The monoisotopic (exact) mass is 518 g/mol. The molecule has 7 nitrogen and oxygen atoms in total. The molecule has 9 heteroatoms.